The standard InChI is InChI=1S/C24H22N2O4S/c27-22(28)11-16-14-31-23(25-16)15-9-10-26(12-15)24(29)30-13-21-19-7-3-1-5-17(19)18-6-2-4-8-20(18)21/h1-8,14-15,21H,9-13H2,(H,27,28). The van der Waals surface area contributed by atoms with Gasteiger partial charge in [0.05, 0.1) is 17.1 Å². The van der Waals surface area contributed by atoms with Gasteiger partial charge in [-0.2, -0.15) is 0 Å². The van der Waals surface area contributed by atoms with Crippen LogP contribution in [-0.4, -0.2) is 46.7 Å². The Morgan fingerprint density at radius 3 is 2.45 bits per heavy atom. The lowest BCUT2D eigenvalue weighted by atomic mass is 9.98. The lowest BCUT2D eigenvalue weighted by molar-refractivity contribution is -0.136. The van der Waals surface area contributed by atoms with E-state index in [0.717, 1.165) is 11.4 Å². The largest absolute Gasteiger partial charge is 0.481 e. The molecule has 0 saturated carbocycles. The molecule has 1 N–H and O–H groups in total. The van der Waals surface area contributed by atoms with Crippen LogP contribution in [-0.2, 0) is 16.0 Å². The number of carboxylic acids is 1. The van der Waals surface area contributed by atoms with Gasteiger partial charge in [-0.25, -0.2) is 9.78 Å². The number of rotatable bonds is 5. The molecule has 1 unspecified atom stereocenters. The minimum absolute atomic E-state index is 0.0484. The summed E-state index contributed by atoms with van der Waals surface area (Å²) in [6.07, 6.45) is 0.440. The summed E-state index contributed by atoms with van der Waals surface area (Å²) in [6, 6.07) is 16.6. The summed E-state index contributed by atoms with van der Waals surface area (Å²) in [6.45, 7) is 1.49. The number of hydrogen-bond acceptors (Lipinski definition) is 5. The Hall–Kier alpha value is -3.19. The molecule has 1 aromatic heterocycles. The molecule has 1 atom stereocenters. The molecule has 0 spiro atoms. The molecule has 1 aliphatic carbocycles. The van der Waals surface area contributed by atoms with Crippen LogP contribution in [0.3, 0.4) is 0 Å². The number of hydrogen-bond donors (Lipinski definition) is 1. The van der Waals surface area contributed by atoms with Crippen LogP contribution >= 0.6 is 11.3 Å². The van der Waals surface area contributed by atoms with E-state index in [0.29, 0.717) is 25.4 Å². The Morgan fingerprint density at radius 1 is 1.10 bits per heavy atom. The number of benzene rings is 2. The van der Waals surface area contributed by atoms with E-state index in [1.54, 1.807) is 10.3 Å². The second-order valence-electron chi connectivity index (χ2n) is 7.98. The molecule has 3 aromatic rings. The predicted molar refractivity (Wildman–Crippen MR) is 117 cm³/mol. The molecule has 1 amide bonds. The first kappa shape index (κ1) is 19.8. The molecule has 2 aromatic carbocycles. The summed E-state index contributed by atoms with van der Waals surface area (Å²) < 4.78 is 5.76. The maximum Gasteiger partial charge on any atom is 0.409 e. The van der Waals surface area contributed by atoms with Crippen molar-refractivity contribution < 1.29 is 19.4 Å². The van der Waals surface area contributed by atoms with Crippen LogP contribution in [0.15, 0.2) is 53.9 Å². The molecule has 1 aliphatic heterocycles. The van der Waals surface area contributed by atoms with Gasteiger partial charge in [0.25, 0.3) is 0 Å². The molecule has 0 radical (unpaired) electrons. The highest BCUT2D eigenvalue weighted by molar-refractivity contribution is 7.09. The van der Waals surface area contributed by atoms with Gasteiger partial charge in [0.2, 0.25) is 0 Å². The van der Waals surface area contributed by atoms with E-state index in [1.165, 1.54) is 33.6 Å². The lowest BCUT2D eigenvalue weighted by Gasteiger charge is -2.19. The van der Waals surface area contributed by atoms with Gasteiger partial charge in [0.15, 0.2) is 0 Å². The fourth-order valence-corrected chi connectivity index (χ4v) is 5.51. The maximum absolute atomic E-state index is 12.8. The number of amides is 1. The first-order valence-corrected chi connectivity index (χ1v) is 11.2. The number of aromatic nitrogens is 1. The molecule has 158 valence electrons. The number of fused-ring (bicyclic) bond motifs is 3. The summed E-state index contributed by atoms with van der Waals surface area (Å²) >= 11 is 1.47. The number of carboxylic acid groups (broad SMARTS) is 1. The number of aliphatic carboxylic acids is 1. The number of nitrogens with zero attached hydrogens (tertiary/aromatic N) is 2. The zero-order valence-corrected chi connectivity index (χ0v) is 17.7. The Kier molecular flexibility index (Phi) is 5.19. The van der Waals surface area contributed by atoms with Crippen molar-refractivity contribution in [1.82, 2.24) is 9.88 Å². The van der Waals surface area contributed by atoms with Crippen molar-refractivity contribution in [3.05, 3.63) is 75.7 Å². The van der Waals surface area contributed by atoms with E-state index < -0.39 is 5.97 Å². The third kappa shape index (κ3) is 3.81. The average Bonchev–Trinajstić information content (AvgIpc) is 3.49. The van der Waals surface area contributed by atoms with Gasteiger partial charge in [-0.15, -0.1) is 11.3 Å². The van der Waals surface area contributed by atoms with Crippen LogP contribution in [0.5, 0.6) is 0 Å². The van der Waals surface area contributed by atoms with Gasteiger partial charge in [-0.05, 0) is 28.7 Å². The molecular formula is C24H22N2O4S. The molecule has 31 heavy (non-hydrogen) atoms. The van der Waals surface area contributed by atoms with E-state index in [9.17, 15) is 9.59 Å². The number of carbonyl (C=O) groups excluding carboxylic acids is 1. The van der Waals surface area contributed by atoms with E-state index >= 15 is 0 Å². The van der Waals surface area contributed by atoms with Crippen molar-refractivity contribution in [3.8, 4) is 11.1 Å². The summed E-state index contributed by atoms with van der Waals surface area (Å²) in [7, 11) is 0. The Morgan fingerprint density at radius 2 is 1.77 bits per heavy atom. The van der Waals surface area contributed by atoms with Crippen LogP contribution in [0.25, 0.3) is 11.1 Å². The molecule has 2 heterocycles. The normalized spacial score (nSPS) is 17.4. The van der Waals surface area contributed by atoms with Gasteiger partial charge >= 0.3 is 12.1 Å². The summed E-state index contributed by atoms with van der Waals surface area (Å²) in [4.78, 5) is 29.8. The highest BCUT2D eigenvalue weighted by atomic mass is 32.1. The van der Waals surface area contributed by atoms with Crippen molar-refractivity contribution in [1.29, 1.82) is 0 Å². The smallest absolute Gasteiger partial charge is 0.409 e. The van der Waals surface area contributed by atoms with Crippen molar-refractivity contribution in [3.63, 3.8) is 0 Å². The molecule has 6 nitrogen and oxygen atoms in total. The monoisotopic (exact) mass is 434 g/mol. The van der Waals surface area contributed by atoms with Crippen molar-refractivity contribution >= 4 is 23.4 Å². The zero-order valence-electron chi connectivity index (χ0n) is 16.9. The van der Waals surface area contributed by atoms with Gasteiger partial charge in [0, 0.05) is 30.3 Å². The number of likely N-dealkylation sites (tertiary alicyclic amines) is 1. The summed E-state index contributed by atoms with van der Waals surface area (Å²) in [5.74, 6) is -0.705. The third-order valence-corrected chi connectivity index (χ3v) is 7.09. The van der Waals surface area contributed by atoms with Gasteiger partial charge < -0.3 is 14.7 Å². The van der Waals surface area contributed by atoms with Gasteiger partial charge in [0.1, 0.15) is 6.61 Å². The lowest BCUT2D eigenvalue weighted by Crippen LogP contribution is -2.30. The van der Waals surface area contributed by atoms with E-state index in [4.69, 9.17) is 9.84 Å². The molecule has 2 aliphatic rings. The van der Waals surface area contributed by atoms with Crippen LogP contribution in [0.2, 0.25) is 0 Å². The maximum atomic E-state index is 12.8. The molecule has 1 fully saturated rings. The fraction of sp³-hybridized carbons (Fsp3) is 0.292. The highest BCUT2D eigenvalue weighted by Gasteiger charge is 2.33. The zero-order chi connectivity index (χ0) is 21.4. The second-order valence-corrected chi connectivity index (χ2v) is 8.87. The Labute approximate surface area is 184 Å². The SMILES string of the molecule is O=C(O)Cc1csc(C2CCN(C(=O)OCC3c4ccccc4-c4ccccc43)C2)n1. The molecule has 0 bridgehead atoms. The van der Waals surface area contributed by atoms with Crippen LogP contribution < -0.4 is 0 Å². The summed E-state index contributed by atoms with van der Waals surface area (Å²) in [5, 5.41) is 11.6. The predicted octanol–water partition coefficient (Wildman–Crippen LogP) is 4.51. The van der Waals surface area contributed by atoms with Crippen molar-refractivity contribution in [2.45, 2.75) is 24.7 Å². The van der Waals surface area contributed by atoms with E-state index in [2.05, 4.69) is 29.2 Å². The first-order chi connectivity index (χ1) is 15.1. The molecule has 1 saturated heterocycles. The molecule has 5 rings (SSSR count). The fourth-order valence-electron chi connectivity index (χ4n) is 4.56. The molecular weight excluding hydrogens is 412 g/mol. The third-order valence-electron chi connectivity index (χ3n) is 6.03. The highest BCUT2D eigenvalue weighted by Crippen LogP contribution is 2.44. The van der Waals surface area contributed by atoms with E-state index in [-0.39, 0.29) is 24.3 Å². The molecule has 7 heteroatoms. The number of ether oxygens (including phenoxy) is 1. The van der Waals surface area contributed by atoms with Gasteiger partial charge in [-0.3, -0.25) is 4.79 Å². The Bertz CT molecular complexity index is 1100. The summed E-state index contributed by atoms with van der Waals surface area (Å²) in [5.41, 5.74) is 5.39. The Balaban J connectivity index is 1.23. The van der Waals surface area contributed by atoms with Crippen LogP contribution in [0.4, 0.5) is 4.79 Å². The van der Waals surface area contributed by atoms with Crippen LogP contribution in [0.1, 0.15) is 40.1 Å². The first-order valence-electron chi connectivity index (χ1n) is 10.4. The minimum Gasteiger partial charge on any atom is -0.481 e. The van der Waals surface area contributed by atoms with Crippen LogP contribution in [0, 0.1) is 0 Å². The average molecular weight is 435 g/mol. The quantitative estimate of drug-likeness (QED) is 0.639. The van der Waals surface area contributed by atoms with E-state index in [1.807, 2.05) is 24.3 Å². The van der Waals surface area contributed by atoms with Crippen molar-refractivity contribution in [2.24, 2.45) is 0 Å². The second kappa shape index (κ2) is 8.15. The van der Waals surface area contributed by atoms with Crippen molar-refractivity contribution in [2.75, 3.05) is 19.7 Å². The number of thiazole rings is 1. The minimum atomic E-state index is -0.886. The van der Waals surface area contributed by atoms with Gasteiger partial charge in [-0.1, -0.05) is 48.5 Å². The topological polar surface area (TPSA) is 79.7 Å². The number of carbonyl (C=O) groups is 2.